The Morgan fingerprint density at radius 2 is 2.00 bits per heavy atom. The van der Waals surface area contributed by atoms with Gasteiger partial charge in [-0.1, -0.05) is 35.3 Å². The summed E-state index contributed by atoms with van der Waals surface area (Å²) in [6.45, 7) is 2.95. The van der Waals surface area contributed by atoms with Gasteiger partial charge >= 0.3 is 0 Å². The van der Waals surface area contributed by atoms with Crippen molar-refractivity contribution in [2.45, 2.75) is 13.5 Å². The van der Waals surface area contributed by atoms with Crippen molar-refractivity contribution >= 4 is 29.1 Å². The number of aromatic nitrogens is 2. The zero-order chi connectivity index (χ0) is 14.5. The second kappa shape index (κ2) is 6.68. The summed E-state index contributed by atoms with van der Waals surface area (Å²) in [4.78, 5) is 14.0. The summed E-state index contributed by atoms with van der Waals surface area (Å²) >= 11 is 11.6. The van der Waals surface area contributed by atoms with Gasteiger partial charge in [0, 0.05) is 18.1 Å². The fraction of sp³-hybridized carbons (Fsp3) is 0.214. The molecule has 1 heterocycles. The molecule has 0 N–H and O–H groups in total. The molecule has 0 aliphatic rings. The van der Waals surface area contributed by atoms with Crippen molar-refractivity contribution in [3.05, 3.63) is 57.8 Å². The maximum absolute atomic E-state index is 12.3. The summed E-state index contributed by atoms with van der Waals surface area (Å²) in [5.41, 5.74) is 1.24. The predicted octanol–water partition coefficient (Wildman–Crippen LogP) is 3.45. The van der Waals surface area contributed by atoms with Gasteiger partial charge in [0.25, 0.3) is 5.91 Å². The van der Waals surface area contributed by atoms with E-state index in [2.05, 4.69) is 10.2 Å². The fourth-order valence-electron chi connectivity index (χ4n) is 1.77. The molecule has 0 radical (unpaired) electrons. The van der Waals surface area contributed by atoms with Crippen molar-refractivity contribution in [1.82, 2.24) is 15.1 Å². The van der Waals surface area contributed by atoms with Crippen molar-refractivity contribution in [1.29, 1.82) is 0 Å². The number of carbonyl (C=O) groups excluding carboxylic acids is 1. The molecule has 0 aliphatic carbocycles. The zero-order valence-electron chi connectivity index (χ0n) is 10.9. The highest BCUT2D eigenvalue weighted by Gasteiger charge is 2.16. The molecule has 1 amide bonds. The number of nitrogens with zero attached hydrogens (tertiary/aromatic N) is 3. The lowest BCUT2D eigenvalue weighted by Gasteiger charge is -2.20. The lowest BCUT2D eigenvalue weighted by Crippen LogP contribution is -2.31. The third kappa shape index (κ3) is 3.68. The van der Waals surface area contributed by atoms with Crippen LogP contribution in [0.5, 0.6) is 0 Å². The second-order valence-corrected chi connectivity index (χ2v) is 5.01. The molecule has 1 aromatic carbocycles. The molecule has 2 aromatic rings. The van der Waals surface area contributed by atoms with E-state index < -0.39 is 0 Å². The Balaban J connectivity index is 2.15. The number of halogens is 2. The van der Waals surface area contributed by atoms with Gasteiger partial charge in [-0.25, -0.2) is 0 Å². The van der Waals surface area contributed by atoms with Crippen LogP contribution >= 0.6 is 23.2 Å². The third-order valence-electron chi connectivity index (χ3n) is 2.78. The Labute approximate surface area is 127 Å². The smallest absolute Gasteiger partial charge is 0.274 e. The Bertz CT molecular complexity index is 602. The first-order chi connectivity index (χ1) is 9.60. The first-order valence-corrected chi connectivity index (χ1v) is 6.88. The summed E-state index contributed by atoms with van der Waals surface area (Å²) in [7, 11) is 0. The standard InChI is InChI=1S/C14H13Cl2N3O/c1-2-19(9-10-4-3-5-11(15)8-10)14(20)12-6-7-13(16)18-17-12/h3-8H,2,9H2,1H3. The topological polar surface area (TPSA) is 46.1 Å². The molecule has 0 atom stereocenters. The van der Waals surface area contributed by atoms with Gasteiger partial charge in [-0.2, -0.15) is 0 Å². The molecule has 0 saturated carbocycles. The minimum atomic E-state index is -0.184. The average Bonchev–Trinajstić information content (AvgIpc) is 2.45. The largest absolute Gasteiger partial charge is 0.333 e. The number of hydrogen-bond acceptors (Lipinski definition) is 3. The van der Waals surface area contributed by atoms with Crippen LogP contribution in [0.1, 0.15) is 23.0 Å². The van der Waals surface area contributed by atoms with E-state index in [4.69, 9.17) is 23.2 Å². The third-order valence-corrected chi connectivity index (χ3v) is 3.22. The first-order valence-electron chi connectivity index (χ1n) is 6.13. The number of benzene rings is 1. The van der Waals surface area contributed by atoms with Gasteiger partial charge in [0.1, 0.15) is 0 Å². The molecule has 0 bridgehead atoms. The van der Waals surface area contributed by atoms with Crippen LogP contribution in [-0.2, 0) is 6.54 Å². The minimum Gasteiger partial charge on any atom is -0.333 e. The quantitative estimate of drug-likeness (QED) is 0.869. The highest BCUT2D eigenvalue weighted by atomic mass is 35.5. The molecule has 0 aliphatic heterocycles. The first kappa shape index (κ1) is 14.8. The molecule has 4 nitrogen and oxygen atoms in total. The second-order valence-electron chi connectivity index (χ2n) is 4.19. The van der Waals surface area contributed by atoms with E-state index in [9.17, 15) is 4.79 Å². The fourth-order valence-corrected chi connectivity index (χ4v) is 2.09. The van der Waals surface area contributed by atoms with Crippen molar-refractivity contribution in [2.24, 2.45) is 0 Å². The molecule has 104 valence electrons. The molecule has 20 heavy (non-hydrogen) atoms. The molecule has 0 fully saturated rings. The van der Waals surface area contributed by atoms with E-state index in [0.29, 0.717) is 18.1 Å². The van der Waals surface area contributed by atoms with Crippen molar-refractivity contribution in [3.8, 4) is 0 Å². The molecule has 0 spiro atoms. The van der Waals surface area contributed by atoms with Gasteiger partial charge in [-0.3, -0.25) is 4.79 Å². The monoisotopic (exact) mass is 309 g/mol. The summed E-state index contributed by atoms with van der Waals surface area (Å²) in [5.74, 6) is -0.184. The SMILES string of the molecule is CCN(Cc1cccc(Cl)c1)C(=O)c1ccc(Cl)nn1. The van der Waals surface area contributed by atoms with Gasteiger partial charge in [-0.15, -0.1) is 10.2 Å². The van der Waals surface area contributed by atoms with Crippen LogP contribution in [0.4, 0.5) is 0 Å². The van der Waals surface area contributed by atoms with Crippen LogP contribution in [0.15, 0.2) is 36.4 Å². The predicted molar refractivity (Wildman–Crippen MR) is 78.9 cm³/mol. The van der Waals surface area contributed by atoms with E-state index >= 15 is 0 Å². The van der Waals surface area contributed by atoms with Gasteiger partial charge in [-0.05, 0) is 36.8 Å². The number of rotatable bonds is 4. The van der Waals surface area contributed by atoms with Gasteiger partial charge < -0.3 is 4.90 Å². The zero-order valence-corrected chi connectivity index (χ0v) is 12.4. The Morgan fingerprint density at radius 1 is 1.20 bits per heavy atom. The highest BCUT2D eigenvalue weighted by molar-refractivity contribution is 6.30. The van der Waals surface area contributed by atoms with Crippen molar-refractivity contribution in [2.75, 3.05) is 6.54 Å². The molecule has 1 aromatic heterocycles. The van der Waals surface area contributed by atoms with Crippen LogP contribution in [0.25, 0.3) is 0 Å². The Kier molecular flexibility index (Phi) is 4.93. The molecular weight excluding hydrogens is 297 g/mol. The van der Waals surface area contributed by atoms with Crippen LogP contribution < -0.4 is 0 Å². The molecule has 6 heteroatoms. The normalized spacial score (nSPS) is 10.3. The minimum absolute atomic E-state index is 0.184. The summed E-state index contributed by atoms with van der Waals surface area (Å²) < 4.78 is 0. The van der Waals surface area contributed by atoms with Crippen LogP contribution in [0.3, 0.4) is 0 Å². The van der Waals surface area contributed by atoms with E-state index in [1.54, 1.807) is 23.1 Å². The van der Waals surface area contributed by atoms with Crippen LogP contribution in [0.2, 0.25) is 10.2 Å². The number of amides is 1. The van der Waals surface area contributed by atoms with Gasteiger partial charge in [0.15, 0.2) is 10.8 Å². The van der Waals surface area contributed by atoms with Crippen molar-refractivity contribution in [3.63, 3.8) is 0 Å². The maximum Gasteiger partial charge on any atom is 0.274 e. The lowest BCUT2D eigenvalue weighted by molar-refractivity contribution is 0.0745. The summed E-state index contributed by atoms with van der Waals surface area (Å²) in [6.07, 6.45) is 0. The van der Waals surface area contributed by atoms with Gasteiger partial charge in [0.2, 0.25) is 0 Å². The molecule has 2 rings (SSSR count). The van der Waals surface area contributed by atoms with E-state index in [-0.39, 0.29) is 16.8 Å². The molecule has 0 saturated heterocycles. The van der Waals surface area contributed by atoms with Crippen LogP contribution in [0, 0.1) is 0 Å². The summed E-state index contributed by atoms with van der Waals surface area (Å²) in [5, 5.41) is 8.41. The Morgan fingerprint density at radius 3 is 2.60 bits per heavy atom. The highest BCUT2D eigenvalue weighted by Crippen LogP contribution is 2.14. The lowest BCUT2D eigenvalue weighted by atomic mass is 10.2. The van der Waals surface area contributed by atoms with Crippen LogP contribution in [-0.4, -0.2) is 27.5 Å². The number of carbonyl (C=O) groups is 1. The maximum atomic E-state index is 12.3. The van der Waals surface area contributed by atoms with E-state index in [1.807, 2.05) is 25.1 Å². The van der Waals surface area contributed by atoms with E-state index in [1.165, 1.54) is 0 Å². The van der Waals surface area contributed by atoms with Gasteiger partial charge in [0.05, 0.1) is 0 Å². The average molecular weight is 310 g/mol. The molecular formula is C14H13Cl2N3O. The van der Waals surface area contributed by atoms with Crippen molar-refractivity contribution < 1.29 is 4.79 Å². The summed E-state index contributed by atoms with van der Waals surface area (Å²) in [6, 6.07) is 10.5. The molecule has 0 unspecified atom stereocenters. The number of hydrogen-bond donors (Lipinski definition) is 0. The Hall–Kier alpha value is -1.65. The van der Waals surface area contributed by atoms with E-state index in [0.717, 1.165) is 5.56 Å².